The Labute approximate surface area is 145 Å². The van der Waals surface area contributed by atoms with Crippen molar-refractivity contribution >= 4 is 11.6 Å². The van der Waals surface area contributed by atoms with Crippen LogP contribution in [-0.2, 0) is 11.3 Å². The zero-order valence-corrected chi connectivity index (χ0v) is 14.6. The van der Waals surface area contributed by atoms with E-state index in [9.17, 15) is 14.0 Å². The number of nitrogens with zero attached hydrogens (tertiary/aromatic N) is 3. The normalized spacial score (nSPS) is 14.8. The van der Waals surface area contributed by atoms with Crippen LogP contribution in [0.1, 0.15) is 17.8 Å². The van der Waals surface area contributed by atoms with Crippen molar-refractivity contribution in [3.8, 4) is 0 Å². The van der Waals surface area contributed by atoms with Gasteiger partial charge >= 0.3 is 5.69 Å². The maximum absolute atomic E-state index is 13.9. The van der Waals surface area contributed by atoms with Gasteiger partial charge < -0.3 is 14.8 Å². The van der Waals surface area contributed by atoms with E-state index in [1.54, 1.807) is 21.6 Å². The monoisotopic (exact) mass is 346 g/mol. The highest BCUT2D eigenvalue weighted by Crippen LogP contribution is 2.20. The summed E-state index contributed by atoms with van der Waals surface area (Å²) < 4.78 is 15.5. The van der Waals surface area contributed by atoms with Gasteiger partial charge in [-0.2, -0.15) is 0 Å². The zero-order chi connectivity index (χ0) is 18.0. The van der Waals surface area contributed by atoms with Crippen molar-refractivity contribution in [3.05, 3.63) is 52.0 Å². The number of aryl methyl sites for hydroxylation is 1. The highest BCUT2D eigenvalue weighted by Gasteiger charge is 2.22. The number of rotatable bonds is 4. The molecular formula is C18H23FN4O2. The predicted octanol–water partition coefficient (Wildman–Crippen LogP) is 1.67. The summed E-state index contributed by atoms with van der Waals surface area (Å²) in [7, 11) is 0. The number of imidazole rings is 1. The molecule has 134 valence electrons. The molecule has 0 saturated carbocycles. The van der Waals surface area contributed by atoms with Crippen LogP contribution in [0.4, 0.5) is 10.1 Å². The minimum Gasteiger partial charge on any atom is -0.366 e. The number of H-pyrrole nitrogens is 1. The van der Waals surface area contributed by atoms with Gasteiger partial charge in [-0.05, 0) is 26.0 Å². The lowest BCUT2D eigenvalue weighted by Gasteiger charge is -2.36. The smallest absolute Gasteiger partial charge is 0.325 e. The number of anilines is 1. The largest absolute Gasteiger partial charge is 0.366 e. The molecule has 2 aromatic rings. The quantitative estimate of drug-likeness (QED) is 0.916. The van der Waals surface area contributed by atoms with E-state index < -0.39 is 0 Å². The Kier molecular flexibility index (Phi) is 4.92. The number of nitrogens with one attached hydrogen (secondary N) is 1. The average Bonchev–Trinajstić information content (AvgIpc) is 2.85. The molecule has 0 aliphatic carbocycles. The Morgan fingerprint density at radius 2 is 1.84 bits per heavy atom. The van der Waals surface area contributed by atoms with E-state index in [0.29, 0.717) is 38.4 Å². The SMILES string of the molecule is Cc1[nH]c(=O)n(CCC(=O)N2CCN(c3ccccc3F)CC2)c1C. The molecule has 1 aromatic heterocycles. The molecule has 0 spiro atoms. The van der Waals surface area contributed by atoms with Crippen molar-refractivity contribution in [3.63, 3.8) is 0 Å². The second-order valence-corrected chi connectivity index (χ2v) is 6.36. The van der Waals surface area contributed by atoms with Gasteiger partial charge in [0.1, 0.15) is 5.82 Å². The van der Waals surface area contributed by atoms with Crippen LogP contribution in [0, 0.1) is 19.7 Å². The topological polar surface area (TPSA) is 61.3 Å². The second-order valence-electron chi connectivity index (χ2n) is 6.36. The van der Waals surface area contributed by atoms with Crippen LogP contribution in [-0.4, -0.2) is 46.5 Å². The third kappa shape index (κ3) is 3.60. The summed E-state index contributed by atoms with van der Waals surface area (Å²) in [6.45, 7) is 6.42. The number of benzene rings is 1. The summed E-state index contributed by atoms with van der Waals surface area (Å²) in [5, 5.41) is 0. The van der Waals surface area contributed by atoms with Gasteiger partial charge in [0.2, 0.25) is 5.91 Å². The molecule has 1 aliphatic rings. The molecule has 1 fully saturated rings. The Morgan fingerprint density at radius 3 is 2.44 bits per heavy atom. The third-order valence-corrected chi connectivity index (χ3v) is 4.86. The molecule has 1 aromatic carbocycles. The van der Waals surface area contributed by atoms with Crippen molar-refractivity contribution in [2.24, 2.45) is 0 Å². The standard InChI is InChI=1S/C18H23FN4O2/c1-13-14(2)23(18(25)20-13)8-7-17(24)22-11-9-21(10-12-22)16-6-4-3-5-15(16)19/h3-6H,7-12H2,1-2H3,(H,20,25). The number of halogens is 1. The van der Waals surface area contributed by atoms with Crippen molar-refractivity contribution in [2.75, 3.05) is 31.1 Å². The van der Waals surface area contributed by atoms with Gasteiger partial charge in [0, 0.05) is 50.5 Å². The Bertz CT molecular complexity index is 819. The van der Waals surface area contributed by atoms with Crippen molar-refractivity contribution in [1.82, 2.24) is 14.5 Å². The number of piperazine rings is 1. The highest BCUT2D eigenvalue weighted by molar-refractivity contribution is 5.76. The first-order valence-corrected chi connectivity index (χ1v) is 8.50. The van der Waals surface area contributed by atoms with E-state index in [0.717, 1.165) is 11.4 Å². The van der Waals surface area contributed by atoms with Gasteiger partial charge in [-0.3, -0.25) is 9.36 Å². The lowest BCUT2D eigenvalue weighted by molar-refractivity contribution is -0.131. The molecule has 7 heteroatoms. The lowest BCUT2D eigenvalue weighted by atomic mass is 10.2. The van der Waals surface area contributed by atoms with E-state index in [-0.39, 0.29) is 23.8 Å². The summed E-state index contributed by atoms with van der Waals surface area (Å²) in [4.78, 5) is 30.7. The molecule has 2 heterocycles. The van der Waals surface area contributed by atoms with Crippen LogP contribution >= 0.6 is 0 Å². The average molecular weight is 346 g/mol. The number of aromatic amines is 1. The number of aromatic nitrogens is 2. The molecule has 0 bridgehead atoms. The van der Waals surface area contributed by atoms with Crippen molar-refractivity contribution in [2.45, 2.75) is 26.8 Å². The minimum absolute atomic E-state index is 0.0262. The van der Waals surface area contributed by atoms with E-state index in [1.807, 2.05) is 24.8 Å². The maximum atomic E-state index is 13.9. The Hall–Kier alpha value is -2.57. The fourth-order valence-corrected chi connectivity index (χ4v) is 3.21. The van der Waals surface area contributed by atoms with E-state index >= 15 is 0 Å². The van der Waals surface area contributed by atoms with E-state index in [4.69, 9.17) is 0 Å². The summed E-state index contributed by atoms with van der Waals surface area (Å²) in [6, 6.07) is 6.70. The number of para-hydroxylation sites is 1. The van der Waals surface area contributed by atoms with E-state index in [1.165, 1.54) is 6.07 Å². The van der Waals surface area contributed by atoms with Gasteiger partial charge in [0.05, 0.1) is 5.69 Å². The highest BCUT2D eigenvalue weighted by atomic mass is 19.1. The van der Waals surface area contributed by atoms with Gasteiger partial charge in [-0.25, -0.2) is 9.18 Å². The third-order valence-electron chi connectivity index (χ3n) is 4.86. The Morgan fingerprint density at radius 1 is 1.16 bits per heavy atom. The summed E-state index contributed by atoms with van der Waals surface area (Å²) >= 11 is 0. The molecule has 1 aliphatic heterocycles. The van der Waals surface area contributed by atoms with Crippen LogP contribution in [0.3, 0.4) is 0 Å². The molecule has 25 heavy (non-hydrogen) atoms. The summed E-state index contributed by atoms with van der Waals surface area (Å²) in [5.41, 5.74) is 2.10. The molecule has 0 unspecified atom stereocenters. The number of hydrogen-bond acceptors (Lipinski definition) is 3. The predicted molar refractivity (Wildman–Crippen MR) is 94.3 cm³/mol. The molecule has 1 N–H and O–H groups in total. The van der Waals surface area contributed by atoms with Crippen LogP contribution in [0.25, 0.3) is 0 Å². The molecule has 1 saturated heterocycles. The first kappa shape index (κ1) is 17.3. The van der Waals surface area contributed by atoms with Gasteiger partial charge in [0.15, 0.2) is 0 Å². The van der Waals surface area contributed by atoms with E-state index in [2.05, 4.69) is 4.98 Å². The molecular weight excluding hydrogens is 323 g/mol. The number of carbonyl (C=O) groups excluding carboxylic acids is 1. The first-order valence-electron chi connectivity index (χ1n) is 8.50. The van der Waals surface area contributed by atoms with Crippen LogP contribution < -0.4 is 10.6 Å². The summed E-state index contributed by atoms with van der Waals surface area (Å²) in [5.74, 6) is -0.210. The molecule has 3 rings (SSSR count). The number of carbonyl (C=O) groups is 1. The zero-order valence-electron chi connectivity index (χ0n) is 14.6. The van der Waals surface area contributed by atoms with Gasteiger partial charge in [-0.15, -0.1) is 0 Å². The first-order chi connectivity index (χ1) is 12.0. The minimum atomic E-state index is -0.236. The second kappa shape index (κ2) is 7.13. The summed E-state index contributed by atoms with van der Waals surface area (Å²) in [6.07, 6.45) is 0.289. The van der Waals surface area contributed by atoms with Gasteiger partial charge in [-0.1, -0.05) is 12.1 Å². The number of amides is 1. The van der Waals surface area contributed by atoms with Crippen molar-refractivity contribution < 1.29 is 9.18 Å². The molecule has 6 nitrogen and oxygen atoms in total. The van der Waals surface area contributed by atoms with Crippen LogP contribution in [0.5, 0.6) is 0 Å². The molecule has 0 radical (unpaired) electrons. The molecule has 0 atom stereocenters. The molecule has 1 amide bonds. The lowest BCUT2D eigenvalue weighted by Crippen LogP contribution is -2.49. The fourth-order valence-electron chi connectivity index (χ4n) is 3.21. The number of hydrogen-bond donors (Lipinski definition) is 1. The maximum Gasteiger partial charge on any atom is 0.325 e. The Balaban J connectivity index is 1.55. The van der Waals surface area contributed by atoms with Gasteiger partial charge in [0.25, 0.3) is 0 Å². The van der Waals surface area contributed by atoms with Crippen LogP contribution in [0.15, 0.2) is 29.1 Å². The fraction of sp³-hybridized carbons (Fsp3) is 0.444. The van der Waals surface area contributed by atoms with Crippen molar-refractivity contribution in [1.29, 1.82) is 0 Å². The van der Waals surface area contributed by atoms with Crippen LogP contribution in [0.2, 0.25) is 0 Å².